The van der Waals surface area contributed by atoms with Crippen molar-refractivity contribution in [2.75, 3.05) is 0 Å². The summed E-state index contributed by atoms with van der Waals surface area (Å²) in [4.78, 5) is 17.7. The van der Waals surface area contributed by atoms with Crippen LogP contribution in [0.15, 0.2) is 66.6 Å². The van der Waals surface area contributed by atoms with Crippen molar-refractivity contribution >= 4 is 27.2 Å². The maximum Gasteiger partial charge on any atom is 0.162 e. The molecule has 0 bridgehead atoms. The molecule has 0 atom stereocenters. The molecule has 0 saturated carbocycles. The number of pyridine rings is 1. The molecule has 0 aliphatic rings. The maximum atomic E-state index is 11.7. The smallest absolute Gasteiger partial charge is 0.162 e. The van der Waals surface area contributed by atoms with E-state index in [1.807, 2.05) is 45.2 Å². The Morgan fingerprint density at radius 2 is 1.52 bits per heavy atom. The standard InChI is InChI=1S/C22H18NS.C13H24O2.Ir/c1-14-4-6-17(7-5-14)21-11-19-13-23-20(12-22(19)24-21)18-9-15(2)8-16(3)10-18;1-5-10(6-2)12(14)9-13(15)11(7-3)8-4;/h4-9,11-13H,1-3H3;9-11,14H,5-8H2,1-4H3;/q-1;;/b;12-9-;. The van der Waals surface area contributed by atoms with Crippen molar-refractivity contribution in [2.45, 2.75) is 74.1 Å². The number of aromatic nitrogens is 1. The van der Waals surface area contributed by atoms with Gasteiger partial charge in [0, 0.05) is 59.2 Å². The number of ketones is 1. The molecule has 0 saturated heterocycles. The number of hydrogen-bond acceptors (Lipinski definition) is 4. The molecule has 1 N–H and O–H groups in total. The SMILES string of the molecule is CCC(CC)C(=O)/C=C(\O)C(CC)CC.Cc1[c-]c(-c2cc3sc(-c4ccc(C)cc4)cc3cn2)cc(C)c1.[Ir]. The van der Waals surface area contributed by atoms with Crippen LogP contribution in [-0.2, 0) is 24.9 Å². The first-order valence-electron chi connectivity index (χ1n) is 14.1. The summed E-state index contributed by atoms with van der Waals surface area (Å²) in [6, 6.07) is 20.8. The topological polar surface area (TPSA) is 50.2 Å². The van der Waals surface area contributed by atoms with E-state index in [0.717, 1.165) is 42.5 Å². The van der Waals surface area contributed by atoms with E-state index in [9.17, 15) is 9.90 Å². The molecular weight excluding hydrogens is 691 g/mol. The van der Waals surface area contributed by atoms with Gasteiger partial charge in [-0.15, -0.1) is 46.2 Å². The van der Waals surface area contributed by atoms with Gasteiger partial charge < -0.3 is 10.1 Å². The summed E-state index contributed by atoms with van der Waals surface area (Å²) in [5.74, 6) is 0.547. The molecular formula is C35H42IrNO2S-. The Hall–Kier alpha value is -2.59. The van der Waals surface area contributed by atoms with Gasteiger partial charge in [-0.05, 0) is 49.9 Å². The van der Waals surface area contributed by atoms with Gasteiger partial charge in [-0.1, -0.05) is 77.4 Å². The molecule has 0 spiro atoms. The van der Waals surface area contributed by atoms with Crippen molar-refractivity contribution in [1.82, 2.24) is 4.98 Å². The summed E-state index contributed by atoms with van der Waals surface area (Å²) >= 11 is 1.82. The third-order valence-electron chi connectivity index (χ3n) is 7.24. The van der Waals surface area contributed by atoms with Gasteiger partial charge in [0.1, 0.15) is 0 Å². The summed E-state index contributed by atoms with van der Waals surface area (Å²) in [5.41, 5.74) is 7.01. The van der Waals surface area contributed by atoms with Crippen LogP contribution in [0.3, 0.4) is 0 Å². The van der Waals surface area contributed by atoms with Gasteiger partial charge in [-0.3, -0.25) is 4.79 Å². The average Bonchev–Trinajstić information content (AvgIpc) is 3.34. The molecule has 215 valence electrons. The van der Waals surface area contributed by atoms with Crippen LogP contribution in [0.5, 0.6) is 0 Å². The predicted molar refractivity (Wildman–Crippen MR) is 167 cm³/mol. The van der Waals surface area contributed by atoms with Gasteiger partial charge >= 0.3 is 0 Å². The van der Waals surface area contributed by atoms with E-state index in [1.54, 1.807) is 0 Å². The molecule has 2 aromatic heterocycles. The van der Waals surface area contributed by atoms with Crippen molar-refractivity contribution in [2.24, 2.45) is 11.8 Å². The third-order valence-corrected chi connectivity index (χ3v) is 8.39. The van der Waals surface area contributed by atoms with Crippen LogP contribution in [-0.4, -0.2) is 15.9 Å². The van der Waals surface area contributed by atoms with Crippen LogP contribution in [0.25, 0.3) is 31.8 Å². The van der Waals surface area contributed by atoms with Gasteiger partial charge in [0.25, 0.3) is 0 Å². The molecule has 4 rings (SSSR count). The Morgan fingerprint density at radius 3 is 2.10 bits per heavy atom. The predicted octanol–water partition coefficient (Wildman–Crippen LogP) is 10.2. The Labute approximate surface area is 258 Å². The summed E-state index contributed by atoms with van der Waals surface area (Å²) in [5, 5.41) is 11.0. The number of rotatable bonds is 9. The van der Waals surface area contributed by atoms with E-state index < -0.39 is 0 Å². The Bertz CT molecular complexity index is 1390. The largest absolute Gasteiger partial charge is 0.512 e. The second-order valence-electron chi connectivity index (χ2n) is 10.3. The van der Waals surface area contributed by atoms with E-state index in [2.05, 4.69) is 80.4 Å². The molecule has 2 heterocycles. The van der Waals surface area contributed by atoms with Crippen LogP contribution < -0.4 is 0 Å². The quantitative estimate of drug-likeness (QED) is 0.106. The number of aliphatic hydroxyl groups excluding tert-OH is 1. The number of thiophene rings is 1. The molecule has 0 unspecified atom stereocenters. The molecule has 1 radical (unpaired) electrons. The molecule has 5 heteroatoms. The number of benzene rings is 2. The minimum atomic E-state index is 0. The first-order chi connectivity index (χ1) is 18.7. The van der Waals surface area contributed by atoms with Gasteiger partial charge in [-0.25, -0.2) is 0 Å². The minimum absolute atomic E-state index is 0. The van der Waals surface area contributed by atoms with Gasteiger partial charge in [0.2, 0.25) is 0 Å². The Balaban J connectivity index is 0.000000307. The number of fused-ring (bicyclic) bond motifs is 1. The number of aryl methyl sites for hydroxylation is 3. The molecule has 4 aromatic rings. The van der Waals surface area contributed by atoms with E-state index in [4.69, 9.17) is 0 Å². The van der Waals surface area contributed by atoms with Crippen LogP contribution in [0.2, 0.25) is 0 Å². The molecule has 0 aliphatic carbocycles. The molecule has 0 aliphatic heterocycles. The average molecular weight is 733 g/mol. The van der Waals surface area contributed by atoms with E-state index in [-0.39, 0.29) is 43.5 Å². The zero-order valence-corrected chi connectivity index (χ0v) is 28.0. The molecule has 0 amide bonds. The first-order valence-corrected chi connectivity index (χ1v) is 14.9. The summed E-state index contributed by atoms with van der Waals surface area (Å²) in [6.07, 6.45) is 6.88. The van der Waals surface area contributed by atoms with Crippen molar-refractivity contribution in [3.8, 4) is 21.7 Å². The first kappa shape index (κ1) is 33.6. The van der Waals surface area contributed by atoms with Crippen LogP contribution in [0, 0.1) is 38.7 Å². The third kappa shape index (κ3) is 8.96. The minimum Gasteiger partial charge on any atom is -0.512 e. The molecule has 2 aromatic carbocycles. The fraction of sp³-hybridized carbons (Fsp3) is 0.371. The van der Waals surface area contributed by atoms with E-state index >= 15 is 0 Å². The fourth-order valence-electron chi connectivity index (χ4n) is 4.75. The number of carbonyl (C=O) groups excluding carboxylic acids is 1. The summed E-state index contributed by atoms with van der Waals surface area (Å²) in [7, 11) is 0. The van der Waals surface area contributed by atoms with Crippen LogP contribution >= 0.6 is 11.3 Å². The van der Waals surface area contributed by atoms with E-state index in [1.165, 1.54) is 37.7 Å². The van der Waals surface area contributed by atoms with Gasteiger partial charge in [0.15, 0.2) is 5.78 Å². The van der Waals surface area contributed by atoms with Crippen LogP contribution in [0.1, 0.15) is 70.1 Å². The van der Waals surface area contributed by atoms with Gasteiger partial charge in [-0.2, -0.15) is 0 Å². The van der Waals surface area contributed by atoms with Crippen molar-refractivity contribution in [1.29, 1.82) is 0 Å². The number of carbonyl (C=O) groups is 1. The fourth-order valence-corrected chi connectivity index (χ4v) is 5.83. The Kier molecular flexibility index (Phi) is 13.4. The maximum absolute atomic E-state index is 11.7. The zero-order chi connectivity index (χ0) is 28.5. The second-order valence-corrected chi connectivity index (χ2v) is 11.4. The molecule has 0 fully saturated rings. The summed E-state index contributed by atoms with van der Waals surface area (Å²) < 4.78 is 1.27. The zero-order valence-electron chi connectivity index (χ0n) is 24.8. The van der Waals surface area contributed by atoms with Crippen molar-refractivity contribution in [3.63, 3.8) is 0 Å². The van der Waals surface area contributed by atoms with Crippen LogP contribution in [0.4, 0.5) is 0 Å². The van der Waals surface area contributed by atoms with Crippen molar-refractivity contribution < 1.29 is 30.0 Å². The van der Waals surface area contributed by atoms with Gasteiger partial charge in [0.05, 0.1) is 5.76 Å². The number of aliphatic hydroxyl groups is 1. The second kappa shape index (κ2) is 16.0. The molecule has 3 nitrogen and oxygen atoms in total. The normalized spacial score (nSPS) is 11.4. The Morgan fingerprint density at radius 1 is 0.900 bits per heavy atom. The number of allylic oxidation sites excluding steroid dienone is 2. The monoisotopic (exact) mass is 733 g/mol. The van der Waals surface area contributed by atoms with E-state index in [0.29, 0.717) is 0 Å². The molecule has 40 heavy (non-hydrogen) atoms. The number of hydrogen-bond donors (Lipinski definition) is 1. The number of nitrogens with zero attached hydrogens (tertiary/aromatic N) is 1. The summed E-state index contributed by atoms with van der Waals surface area (Å²) in [6.45, 7) is 14.4. The van der Waals surface area contributed by atoms with Crippen molar-refractivity contribution in [3.05, 3.63) is 89.3 Å².